The number of nitrogens with zero attached hydrogens (tertiary/aromatic N) is 1. The molecule has 0 saturated carbocycles. The zero-order chi connectivity index (χ0) is 15.7. The molecular weight excluding hydrogens is 276 g/mol. The van der Waals surface area contributed by atoms with Crippen molar-refractivity contribution in [3.8, 4) is 0 Å². The molecule has 112 valence electrons. The Morgan fingerprint density at radius 2 is 1.86 bits per heavy atom. The minimum Gasteiger partial charge on any atom is -0.466 e. The lowest BCUT2D eigenvalue weighted by molar-refractivity contribution is 0.0781. The second-order valence-corrected chi connectivity index (χ2v) is 5.11. The van der Waals surface area contributed by atoms with Gasteiger partial charge < -0.3 is 9.32 Å². The first kappa shape index (κ1) is 15.2. The van der Waals surface area contributed by atoms with Gasteiger partial charge in [-0.05, 0) is 26.8 Å². The topological polar surface area (TPSA) is 33.5 Å². The highest BCUT2D eigenvalue weighted by atomic mass is 19.1. The second-order valence-electron chi connectivity index (χ2n) is 5.11. The zero-order valence-electron chi connectivity index (χ0n) is 12.5. The van der Waals surface area contributed by atoms with Crippen LogP contribution in [0.3, 0.4) is 0 Å². The highest BCUT2D eigenvalue weighted by Crippen LogP contribution is 2.23. The maximum Gasteiger partial charge on any atom is 0.257 e. The smallest absolute Gasteiger partial charge is 0.257 e. The van der Waals surface area contributed by atoms with Crippen LogP contribution in [0.4, 0.5) is 8.78 Å². The fraction of sp³-hybridized carbons (Fsp3) is 0.312. The first-order valence-corrected chi connectivity index (χ1v) is 6.57. The molecule has 0 radical (unpaired) electrons. The Kier molecular flexibility index (Phi) is 4.11. The highest BCUT2D eigenvalue weighted by Gasteiger charge is 2.22. The molecule has 0 atom stereocenters. The van der Waals surface area contributed by atoms with Crippen LogP contribution in [0, 0.1) is 32.4 Å². The van der Waals surface area contributed by atoms with E-state index in [9.17, 15) is 13.6 Å². The molecule has 0 aliphatic rings. The minimum atomic E-state index is -0.661. The fourth-order valence-electron chi connectivity index (χ4n) is 2.28. The van der Waals surface area contributed by atoms with E-state index in [0.717, 1.165) is 11.6 Å². The average Bonchev–Trinajstić information content (AvgIpc) is 2.66. The molecule has 2 aromatic rings. The molecule has 0 spiro atoms. The number of aryl methyl sites for hydroxylation is 2. The number of benzene rings is 1. The molecule has 0 unspecified atom stereocenters. The first-order valence-electron chi connectivity index (χ1n) is 6.57. The number of amides is 1. The molecule has 21 heavy (non-hydrogen) atoms. The summed E-state index contributed by atoms with van der Waals surface area (Å²) in [6.07, 6.45) is 0. The van der Waals surface area contributed by atoms with Gasteiger partial charge in [0.05, 0.1) is 5.56 Å². The zero-order valence-corrected chi connectivity index (χ0v) is 12.5. The molecule has 0 aliphatic carbocycles. The van der Waals surface area contributed by atoms with E-state index in [1.54, 1.807) is 20.9 Å². The predicted octanol–water partition coefficient (Wildman–Crippen LogP) is 3.76. The molecule has 3 nitrogen and oxygen atoms in total. The van der Waals surface area contributed by atoms with Crippen LogP contribution in [-0.4, -0.2) is 17.9 Å². The standard InChI is InChI=1S/C16H17F2NO2/c1-9-10(2)21-11(3)15(9)16(20)19(4)8-12-5-6-13(17)7-14(12)18/h5-7H,8H2,1-4H3. The molecular formula is C16H17F2NO2. The summed E-state index contributed by atoms with van der Waals surface area (Å²) >= 11 is 0. The molecule has 1 amide bonds. The summed E-state index contributed by atoms with van der Waals surface area (Å²) < 4.78 is 32.0. The van der Waals surface area contributed by atoms with E-state index in [2.05, 4.69) is 0 Å². The van der Waals surface area contributed by atoms with Gasteiger partial charge in [0.1, 0.15) is 23.2 Å². The minimum absolute atomic E-state index is 0.0635. The van der Waals surface area contributed by atoms with E-state index in [-0.39, 0.29) is 18.0 Å². The summed E-state index contributed by atoms with van der Waals surface area (Å²) in [5.74, 6) is -0.307. The fourth-order valence-corrected chi connectivity index (χ4v) is 2.28. The Labute approximate surface area is 122 Å². The summed E-state index contributed by atoms with van der Waals surface area (Å²) in [6, 6.07) is 3.33. The third-order valence-electron chi connectivity index (χ3n) is 3.54. The van der Waals surface area contributed by atoms with Gasteiger partial charge in [0, 0.05) is 30.8 Å². The number of furan rings is 1. The van der Waals surface area contributed by atoms with Crippen LogP contribution < -0.4 is 0 Å². The largest absolute Gasteiger partial charge is 0.466 e. The Morgan fingerprint density at radius 3 is 2.38 bits per heavy atom. The Morgan fingerprint density at radius 1 is 1.19 bits per heavy atom. The van der Waals surface area contributed by atoms with Crippen LogP contribution in [0.1, 0.15) is 33.0 Å². The van der Waals surface area contributed by atoms with Gasteiger partial charge in [-0.1, -0.05) is 6.07 Å². The molecule has 0 aliphatic heterocycles. The Hall–Kier alpha value is -2.17. The van der Waals surface area contributed by atoms with Gasteiger partial charge in [0.15, 0.2) is 0 Å². The number of carbonyl (C=O) groups is 1. The van der Waals surface area contributed by atoms with E-state index >= 15 is 0 Å². The van der Waals surface area contributed by atoms with Gasteiger partial charge >= 0.3 is 0 Å². The maximum absolute atomic E-state index is 13.6. The maximum atomic E-state index is 13.6. The summed E-state index contributed by atoms with van der Waals surface area (Å²) in [7, 11) is 1.58. The van der Waals surface area contributed by atoms with Crippen molar-refractivity contribution in [1.29, 1.82) is 0 Å². The lowest BCUT2D eigenvalue weighted by Crippen LogP contribution is -2.27. The summed E-state index contributed by atoms with van der Waals surface area (Å²) in [6.45, 7) is 5.39. The SMILES string of the molecule is Cc1oc(C)c(C(=O)N(C)Cc2ccc(F)cc2F)c1C. The van der Waals surface area contributed by atoms with Crippen molar-refractivity contribution < 1.29 is 18.0 Å². The van der Waals surface area contributed by atoms with Gasteiger partial charge in [-0.2, -0.15) is 0 Å². The highest BCUT2D eigenvalue weighted by molar-refractivity contribution is 5.96. The van der Waals surface area contributed by atoms with Crippen LogP contribution >= 0.6 is 0 Å². The van der Waals surface area contributed by atoms with Crippen molar-refractivity contribution in [2.75, 3.05) is 7.05 Å². The van der Waals surface area contributed by atoms with Crippen molar-refractivity contribution >= 4 is 5.91 Å². The van der Waals surface area contributed by atoms with E-state index in [1.165, 1.54) is 17.0 Å². The van der Waals surface area contributed by atoms with E-state index < -0.39 is 11.6 Å². The van der Waals surface area contributed by atoms with Gasteiger partial charge in [-0.15, -0.1) is 0 Å². The number of halogens is 2. The molecule has 2 rings (SSSR count). The molecule has 1 aromatic heterocycles. The van der Waals surface area contributed by atoms with Crippen LogP contribution in [0.5, 0.6) is 0 Å². The third kappa shape index (κ3) is 2.96. The number of rotatable bonds is 3. The third-order valence-corrected chi connectivity index (χ3v) is 3.54. The van der Waals surface area contributed by atoms with Gasteiger partial charge in [0.25, 0.3) is 5.91 Å². The van der Waals surface area contributed by atoms with Crippen molar-refractivity contribution in [2.24, 2.45) is 0 Å². The van der Waals surface area contributed by atoms with Crippen molar-refractivity contribution in [3.63, 3.8) is 0 Å². The summed E-state index contributed by atoms with van der Waals surface area (Å²) in [4.78, 5) is 13.8. The second kappa shape index (κ2) is 5.68. The quantitative estimate of drug-likeness (QED) is 0.863. The molecule has 5 heteroatoms. The Bertz CT molecular complexity index is 692. The summed E-state index contributed by atoms with van der Waals surface area (Å²) in [5.41, 5.74) is 1.55. The van der Waals surface area contributed by atoms with Gasteiger partial charge in [0.2, 0.25) is 0 Å². The normalized spacial score (nSPS) is 10.8. The molecule has 1 aromatic carbocycles. The number of carbonyl (C=O) groups excluding carboxylic acids is 1. The van der Waals surface area contributed by atoms with Crippen molar-refractivity contribution in [2.45, 2.75) is 27.3 Å². The van der Waals surface area contributed by atoms with Crippen LogP contribution in [-0.2, 0) is 6.54 Å². The average molecular weight is 293 g/mol. The molecule has 0 fully saturated rings. The molecule has 0 N–H and O–H groups in total. The van der Waals surface area contributed by atoms with Crippen molar-refractivity contribution in [3.05, 3.63) is 58.0 Å². The Balaban J connectivity index is 2.23. The van der Waals surface area contributed by atoms with E-state index in [0.29, 0.717) is 17.1 Å². The monoisotopic (exact) mass is 293 g/mol. The van der Waals surface area contributed by atoms with Crippen LogP contribution in [0.25, 0.3) is 0 Å². The molecule has 1 heterocycles. The van der Waals surface area contributed by atoms with Gasteiger partial charge in [-0.3, -0.25) is 4.79 Å². The first-order chi connectivity index (χ1) is 9.81. The number of hydrogen-bond donors (Lipinski definition) is 0. The van der Waals surface area contributed by atoms with Gasteiger partial charge in [-0.25, -0.2) is 8.78 Å². The van der Waals surface area contributed by atoms with E-state index in [4.69, 9.17) is 4.42 Å². The molecule has 0 saturated heterocycles. The van der Waals surface area contributed by atoms with E-state index in [1.807, 2.05) is 6.92 Å². The number of hydrogen-bond acceptors (Lipinski definition) is 2. The summed E-state index contributed by atoms with van der Waals surface area (Å²) in [5, 5.41) is 0. The molecule has 0 bridgehead atoms. The predicted molar refractivity (Wildman–Crippen MR) is 75.1 cm³/mol. The van der Waals surface area contributed by atoms with Crippen LogP contribution in [0.15, 0.2) is 22.6 Å². The lowest BCUT2D eigenvalue weighted by atomic mass is 10.1. The van der Waals surface area contributed by atoms with Crippen LogP contribution in [0.2, 0.25) is 0 Å². The van der Waals surface area contributed by atoms with Crippen molar-refractivity contribution in [1.82, 2.24) is 4.90 Å². The lowest BCUT2D eigenvalue weighted by Gasteiger charge is -2.18.